The van der Waals surface area contributed by atoms with Crippen LogP contribution >= 0.6 is 23.4 Å². The summed E-state index contributed by atoms with van der Waals surface area (Å²) in [6, 6.07) is 11.9. The van der Waals surface area contributed by atoms with Crippen molar-refractivity contribution < 1.29 is 9.47 Å². The molecule has 0 fully saturated rings. The monoisotopic (exact) mass is 307 g/mol. The molecule has 2 aromatic rings. The molecule has 1 heterocycles. The molecule has 3 nitrogen and oxygen atoms in total. The van der Waals surface area contributed by atoms with Gasteiger partial charge in [0, 0.05) is 21.4 Å². The maximum absolute atomic E-state index is 6.17. The van der Waals surface area contributed by atoms with Gasteiger partial charge in [-0.25, -0.2) is 0 Å². The molecule has 1 aliphatic heterocycles. The lowest BCUT2D eigenvalue weighted by molar-refractivity contribution is 0.171. The fourth-order valence-electron chi connectivity index (χ4n) is 1.98. The van der Waals surface area contributed by atoms with E-state index >= 15 is 0 Å². The molecule has 0 aliphatic carbocycles. The first-order chi connectivity index (χ1) is 9.76. The van der Waals surface area contributed by atoms with E-state index in [1.807, 2.05) is 36.4 Å². The maximum Gasteiger partial charge on any atom is 0.162 e. The van der Waals surface area contributed by atoms with Crippen molar-refractivity contribution in [2.45, 2.75) is 16.3 Å². The van der Waals surface area contributed by atoms with E-state index in [0.29, 0.717) is 24.8 Å². The van der Waals surface area contributed by atoms with Gasteiger partial charge in [-0.1, -0.05) is 29.4 Å². The predicted octanol–water partition coefficient (Wildman–Crippen LogP) is 3.72. The van der Waals surface area contributed by atoms with E-state index in [-0.39, 0.29) is 0 Å². The molecule has 0 saturated heterocycles. The van der Waals surface area contributed by atoms with E-state index in [1.54, 1.807) is 11.8 Å². The van der Waals surface area contributed by atoms with Gasteiger partial charge in [0.05, 0.1) is 0 Å². The van der Waals surface area contributed by atoms with Gasteiger partial charge in [-0.15, -0.1) is 0 Å². The third kappa shape index (κ3) is 2.87. The molecule has 0 amide bonds. The smallest absolute Gasteiger partial charge is 0.162 e. The van der Waals surface area contributed by atoms with Crippen LogP contribution in [0.4, 0.5) is 0 Å². The van der Waals surface area contributed by atoms with Gasteiger partial charge in [-0.05, 0) is 35.9 Å². The molecule has 20 heavy (non-hydrogen) atoms. The fraction of sp³-hybridized carbons (Fsp3) is 0.200. The molecule has 2 aromatic carbocycles. The Morgan fingerprint density at radius 3 is 2.45 bits per heavy atom. The molecule has 0 atom stereocenters. The summed E-state index contributed by atoms with van der Waals surface area (Å²) in [5, 5.41) is 0.704. The second-order valence-electron chi connectivity index (χ2n) is 4.36. The lowest BCUT2D eigenvalue weighted by atomic mass is 10.2. The molecule has 104 valence electrons. The number of hydrogen-bond donors (Lipinski definition) is 1. The number of fused-ring (bicyclic) bond motifs is 1. The summed E-state index contributed by atoms with van der Waals surface area (Å²) in [4.78, 5) is 2.16. The molecule has 0 unspecified atom stereocenters. The summed E-state index contributed by atoms with van der Waals surface area (Å²) in [6.07, 6.45) is 0. The predicted molar refractivity (Wildman–Crippen MR) is 80.9 cm³/mol. The molecular weight excluding hydrogens is 294 g/mol. The Hall–Kier alpha value is -1.36. The first kappa shape index (κ1) is 13.6. The van der Waals surface area contributed by atoms with Crippen LogP contribution in [-0.4, -0.2) is 13.2 Å². The Labute approximate surface area is 127 Å². The van der Waals surface area contributed by atoms with E-state index < -0.39 is 0 Å². The van der Waals surface area contributed by atoms with Gasteiger partial charge in [0.25, 0.3) is 0 Å². The van der Waals surface area contributed by atoms with Crippen LogP contribution in [0.3, 0.4) is 0 Å². The first-order valence-corrected chi connectivity index (χ1v) is 7.52. The zero-order valence-electron chi connectivity index (χ0n) is 10.8. The largest absolute Gasteiger partial charge is 0.486 e. The Balaban J connectivity index is 1.82. The molecule has 0 spiro atoms. The normalized spacial score (nSPS) is 13.3. The number of hydrogen-bond acceptors (Lipinski definition) is 4. The van der Waals surface area contributed by atoms with Crippen LogP contribution in [-0.2, 0) is 6.54 Å². The van der Waals surface area contributed by atoms with Crippen LogP contribution < -0.4 is 15.2 Å². The zero-order valence-corrected chi connectivity index (χ0v) is 12.3. The van der Waals surface area contributed by atoms with E-state index in [2.05, 4.69) is 0 Å². The molecule has 2 N–H and O–H groups in total. The van der Waals surface area contributed by atoms with Crippen molar-refractivity contribution >= 4 is 23.4 Å². The highest BCUT2D eigenvalue weighted by atomic mass is 35.5. The van der Waals surface area contributed by atoms with Gasteiger partial charge in [0.1, 0.15) is 13.2 Å². The van der Waals surface area contributed by atoms with E-state index in [9.17, 15) is 0 Å². The quantitative estimate of drug-likeness (QED) is 0.938. The maximum atomic E-state index is 6.17. The van der Waals surface area contributed by atoms with Crippen LogP contribution in [0.2, 0.25) is 5.02 Å². The Morgan fingerprint density at radius 2 is 1.70 bits per heavy atom. The van der Waals surface area contributed by atoms with Crippen molar-refractivity contribution in [1.29, 1.82) is 0 Å². The SMILES string of the molecule is NCc1ccc(Sc2ccc3c(c2)OCCO3)cc1Cl. The van der Waals surface area contributed by atoms with Gasteiger partial charge in [-0.3, -0.25) is 0 Å². The molecule has 0 aromatic heterocycles. The number of benzene rings is 2. The van der Waals surface area contributed by atoms with Gasteiger partial charge < -0.3 is 15.2 Å². The fourth-order valence-corrected chi connectivity index (χ4v) is 3.19. The minimum atomic E-state index is 0.452. The topological polar surface area (TPSA) is 44.5 Å². The first-order valence-electron chi connectivity index (χ1n) is 6.32. The summed E-state index contributed by atoms with van der Waals surface area (Å²) < 4.78 is 11.1. The van der Waals surface area contributed by atoms with Crippen molar-refractivity contribution in [2.75, 3.05) is 13.2 Å². The Bertz CT molecular complexity index is 633. The highest BCUT2D eigenvalue weighted by Crippen LogP contribution is 2.37. The highest BCUT2D eigenvalue weighted by Gasteiger charge is 2.12. The second kappa shape index (κ2) is 5.95. The van der Waals surface area contributed by atoms with Crippen LogP contribution in [0.25, 0.3) is 0 Å². The molecule has 3 rings (SSSR count). The number of halogens is 1. The molecule has 1 aliphatic rings. The van der Waals surface area contributed by atoms with Gasteiger partial charge in [0.2, 0.25) is 0 Å². The number of ether oxygens (including phenoxy) is 2. The molecule has 0 bridgehead atoms. The summed E-state index contributed by atoms with van der Waals surface area (Å²) in [5.41, 5.74) is 6.56. The second-order valence-corrected chi connectivity index (χ2v) is 5.92. The van der Waals surface area contributed by atoms with Gasteiger partial charge in [0.15, 0.2) is 11.5 Å². The van der Waals surface area contributed by atoms with E-state index in [4.69, 9.17) is 26.8 Å². The summed E-state index contributed by atoms with van der Waals surface area (Å²) >= 11 is 7.81. The Morgan fingerprint density at radius 1 is 1.00 bits per heavy atom. The standard InChI is InChI=1S/C15H14ClNO2S/c16-13-7-11(2-1-10(13)9-17)20-12-3-4-14-15(8-12)19-6-5-18-14/h1-4,7-8H,5-6,9,17H2. The zero-order chi connectivity index (χ0) is 13.9. The number of rotatable bonds is 3. The average Bonchev–Trinajstić information content (AvgIpc) is 2.47. The van der Waals surface area contributed by atoms with Crippen LogP contribution in [0.1, 0.15) is 5.56 Å². The van der Waals surface area contributed by atoms with E-state index in [0.717, 1.165) is 26.9 Å². The van der Waals surface area contributed by atoms with Crippen LogP contribution in [0, 0.1) is 0 Å². The van der Waals surface area contributed by atoms with Crippen molar-refractivity contribution in [3.63, 3.8) is 0 Å². The lowest BCUT2D eigenvalue weighted by Crippen LogP contribution is -2.15. The Kier molecular flexibility index (Phi) is 4.05. The molecule has 0 radical (unpaired) electrons. The third-order valence-electron chi connectivity index (χ3n) is 2.99. The van der Waals surface area contributed by atoms with Crippen molar-refractivity contribution in [3.05, 3.63) is 47.0 Å². The minimum absolute atomic E-state index is 0.452. The van der Waals surface area contributed by atoms with Crippen molar-refractivity contribution in [2.24, 2.45) is 5.73 Å². The van der Waals surface area contributed by atoms with E-state index in [1.165, 1.54) is 0 Å². The minimum Gasteiger partial charge on any atom is -0.486 e. The third-order valence-corrected chi connectivity index (χ3v) is 4.32. The van der Waals surface area contributed by atoms with Crippen molar-refractivity contribution in [3.8, 4) is 11.5 Å². The number of nitrogens with two attached hydrogens (primary N) is 1. The summed E-state index contributed by atoms with van der Waals surface area (Å²) in [7, 11) is 0. The van der Waals surface area contributed by atoms with Crippen LogP contribution in [0.5, 0.6) is 11.5 Å². The molecule has 5 heteroatoms. The highest BCUT2D eigenvalue weighted by molar-refractivity contribution is 7.99. The summed E-state index contributed by atoms with van der Waals surface area (Å²) in [6.45, 7) is 1.65. The van der Waals surface area contributed by atoms with Gasteiger partial charge >= 0.3 is 0 Å². The average molecular weight is 308 g/mol. The summed E-state index contributed by atoms with van der Waals surface area (Å²) in [5.74, 6) is 1.60. The van der Waals surface area contributed by atoms with Crippen LogP contribution in [0.15, 0.2) is 46.2 Å². The lowest BCUT2D eigenvalue weighted by Gasteiger charge is -2.18. The van der Waals surface area contributed by atoms with Crippen molar-refractivity contribution in [1.82, 2.24) is 0 Å². The molecule has 0 saturated carbocycles. The molecular formula is C15H14ClNO2S. The van der Waals surface area contributed by atoms with Gasteiger partial charge in [-0.2, -0.15) is 0 Å².